The van der Waals surface area contributed by atoms with Gasteiger partial charge in [0.2, 0.25) is 11.8 Å². The number of aryl methyl sites for hydroxylation is 1. The first-order valence-corrected chi connectivity index (χ1v) is 15.9. The van der Waals surface area contributed by atoms with Crippen LogP contribution in [0.1, 0.15) is 38.3 Å². The number of sulfonamides is 1. The van der Waals surface area contributed by atoms with Crippen molar-refractivity contribution in [2.45, 2.75) is 51.5 Å². The largest absolute Gasteiger partial charge is 0.497 e. The fourth-order valence-corrected chi connectivity index (χ4v) is 6.08. The van der Waals surface area contributed by atoms with E-state index < -0.39 is 28.5 Å². The molecule has 232 valence electrons. The van der Waals surface area contributed by atoms with Crippen LogP contribution >= 0.6 is 0 Å². The molecule has 0 aliphatic heterocycles. The van der Waals surface area contributed by atoms with Crippen LogP contribution in [0, 0.1) is 12.8 Å². The van der Waals surface area contributed by atoms with Crippen LogP contribution in [0.4, 0.5) is 5.69 Å². The Morgan fingerprint density at radius 2 is 1.60 bits per heavy atom. The minimum absolute atomic E-state index is 0.0216. The van der Waals surface area contributed by atoms with E-state index in [0.717, 1.165) is 15.4 Å². The average molecular weight is 610 g/mol. The molecule has 43 heavy (non-hydrogen) atoms. The van der Waals surface area contributed by atoms with Gasteiger partial charge in [-0.2, -0.15) is 0 Å². The van der Waals surface area contributed by atoms with Crippen molar-refractivity contribution in [2.24, 2.45) is 5.92 Å². The number of hydrogen-bond donors (Lipinski definition) is 1. The first-order valence-electron chi connectivity index (χ1n) is 14.4. The molecule has 1 N–H and O–H groups in total. The summed E-state index contributed by atoms with van der Waals surface area (Å²) in [5.41, 5.74) is 2.04. The number of hydrogen-bond acceptors (Lipinski definition) is 6. The fourth-order valence-electron chi connectivity index (χ4n) is 4.66. The van der Waals surface area contributed by atoms with Gasteiger partial charge in [0.05, 0.1) is 24.8 Å². The molecule has 2 amide bonds. The first-order chi connectivity index (χ1) is 20.5. The molecule has 0 fully saturated rings. The lowest BCUT2D eigenvalue weighted by Crippen LogP contribution is -2.53. The van der Waals surface area contributed by atoms with Crippen molar-refractivity contribution >= 4 is 27.5 Å². The molecule has 3 rings (SSSR count). The van der Waals surface area contributed by atoms with E-state index in [9.17, 15) is 18.0 Å². The van der Waals surface area contributed by atoms with Gasteiger partial charge < -0.3 is 19.7 Å². The van der Waals surface area contributed by atoms with Crippen LogP contribution in [0.2, 0.25) is 0 Å². The van der Waals surface area contributed by atoms with Crippen molar-refractivity contribution in [3.05, 3.63) is 83.9 Å². The van der Waals surface area contributed by atoms with Crippen LogP contribution in [0.3, 0.4) is 0 Å². The third-order valence-corrected chi connectivity index (χ3v) is 8.87. The second-order valence-corrected chi connectivity index (χ2v) is 12.6. The Balaban J connectivity index is 2.09. The highest BCUT2D eigenvalue weighted by atomic mass is 32.2. The molecule has 0 bridgehead atoms. The van der Waals surface area contributed by atoms with E-state index in [2.05, 4.69) is 5.32 Å². The average Bonchev–Trinajstić information content (AvgIpc) is 3.00. The Hall–Kier alpha value is -4.05. The lowest BCUT2D eigenvalue weighted by atomic mass is 10.1. The van der Waals surface area contributed by atoms with Crippen LogP contribution in [-0.2, 0) is 26.0 Å². The lowest BCUT2D eigenvalue weighted by Gasteiger charge is -2.33. The van der Waals surface area contributed by atoms with E-state index in [1.807, 2.05) is 58.0 Å². The van der Waals surface area contributed by atoms with Crippen LogP contribution in [0.15, 0.2) is 77.7 Å². The molecule has 3 aromatic rings. The highest BCUT2D eigenvalue weighted by Gasteiger charge is 2.34. The fraction of sp³-hybridized carbons (Fsp3) is 0.394. The Labute approximate surface area is 255 Å². The van der Waals surface area contributed by atoms with Crippen molar-refractivity contribution in [3.8, 4) is 11.5 Å². The number of amides is 2. The molecule has 0 heterocycles. The summed E-state index contributed by atoms with van der Waals surface area (Å²) in [5, 5.41) is 2.95. The van der Waals surface area contributed by atoms with E-state index in [1.54, 1.807) is 24.3 Å². The molecular formula is C33H43N3O6S. The number of ether oxygens (including phenoxy) is 2. The molecular weight excluding hydrogens is 566 g/mol. The maximum absolute atomic E-state index is 14.2. The Kier molecular flexibility index (Phi) is 12.0. The van der Waals surface area contributed by atoms with E-state index in [1.165, 1.54) is 37.3 Å². The number of nitrogens with one attached hydrogen (secondary N) is 1. The van der Waals surface area contributed by atoms with E-state index >= 15 is 0 Å². The number of anilines is 1. The number of carbonyl (C=O) groups excluding carboxylic acids is 2. The second-order valence-electron chi connectivity index (χ2n) is 10.7. The highest BCUT2D eigenvalue weighted by Crippen LogP contribution is 2.36. The molecule has 0 spiro atoms. The number of methoxy groups -OCH3 is 2. The molecule has 1 atom stereocenters. The van der Waals surface area contributed by atoms with Crippen LogP contribution in [0.25, 0.3) is 0 Å². The van der Waals surface area contributed by atoms with Gasteiger partial charge in [0.1, 0.15) is 24.1 Å². The normalized spacial score (nSPS) is 12.0. The quantitative estimate of drug-likeness (QED) is 0.265. The number of rotatable bonds is 15. The van der Waals surface area contributed by atoms with Crippen LogP contribution in [-0.4, -0.2) is 65.0 Å². The molecule has 0 aliphatic rings. The van der Waals surface area contributed by atoms with Crippen molar-refractivity contribution in [1.82, 2.24) is 10.2 Å². The second kappa shape index (κ2) is 15.4. The molecule has 9 nitrogen and oxygen atoms in total. The predicted octanol–water partition coefficient (Wildman–Crippen LogP) is 4.83. The molecule has 10 heteroatoms. The first kappa shape index (κ1) is 33.5. The Bertz CT molecular complexity index is 1460. The minimum atomic E-state index is -4.25. The number of benzene rings is 3. The summed E-state index contributed by atoms with van der Waals surface area (Å²) in [6.07, 6.45) is 0.853. The third kappa shape index (κ3) is 8.73. The van der Waals surface area contributed by atoms with Crippen molar-refractivity contribution in [2.75, 3.05) is 38.2 Å². The van der Waals surface area contributed by atoms with Gasteiger partial charge in [-0.25, -0.2) is 8.42 Å². The SMILES string of the molecule is CC[C@@H](C(=O)NCC(C)C)N(CCc1ccccc1)C(=O)CN(c1cc(OC)ccc1OC)S(=O)(=O)c1ccc(C)cc1. The molecule has 0 radical (unpaired) electrons. The number of carbonyl (C=O) groups is 2. The van der Waals surface area contributed by atoms with Gasteiger partial charge in [-0.3, -0.25) is 13.9 Å². The van der Waals surface area contributed by atoms with Crippen molar-refractivity contribution in [3.63, 3.8) is 0 Å². The molecule has 0 aliphatic carbocycles. The van der Waals surface area contributed by atoms with Gasteiger partial charge in [-0.15, -0.1) is 0 Å². The zero-order chi connectivity index (χ0) is 31.6. The topological polar surface area (TPSA) is 105 Å². The molecule has 0 saturated heterocycles. The zero-order valence-electron chi connectivity index (χ0n) is 25.9. The van der Waals surface area contributed by atoms with Crippen LogP contribution in [0.5, 0.6) is 11.5 Å². The summed E-state index contributed by atoms with van der Waals surface area (Å²) >= 11 is 0. The van der Waals surface area contributed by atoms with Gasteiger partial charge >= 0.3 is 0 Å². The van der Waals surface area contributed by atoms with Crippen molar-refractivity contribution in [1.29, 1.82) is 0 Å². The minimum Gasteiger partial charge on any atom is -0.497 e. The standard InChI is InChI=1S/C33H43N3O6S/c1-7-29(33(38)34-22-24(2)3)35(20-19-26-11-9-8-10-12-26)32(37)23-36(30-21-27(41-5)15-18-31(30)42-6)43(39,40)28-16-13-25(4)14-17-28/h8-18,21,24,29H,7,19-20,22-23H2,1-6H3,(H,34,38)/t29-/m0/s1. The summed E-state index contributed by atoms with van der Waals surface area (Å²) < 4.78 is 40.3. The van der Waals surface area contributed by atoms with E-state index in [0.29, 0.717) is 25.1 Å². The summed E-state index contributed by atoms with van der Waals surface area (Å²) in [4.78, 5) is 29.1. The van der Waals surface area contributed by atoms with E-state index in [4.69, 9.17) is 9.47 Å². The van der Waals surface area contributed by atoms with Gasteiger partial charge in [0.25, 0.3) is 10.0 Å². The van der Waals surface area contributed by atoms with Gasteiger partial charge in [-0.1, -0.05) is 68.8 Å². The summed E-state index contributed by atoms with van der Waals surface area (Å²) in [6.45, 7) is 7.83. The van der Waals surface area contributed by atoms with Gasteiger partial charge in [0.15, 0.2) is 0 Å². The van der Waals surface area contributed by atoms with Gasteiger partial charge in [0, 0.05) is 19.2 Å². The maximum atomic E-state index is 14.2. The van der Waals surface area contributed by atoms with Crippen LogP contribution < -0.4 is 19.1 Å². The Morgan fingerprint density at radius 1 is 0.930 bits per heavy atom. The molecule has 0 aromatic heterocycles. The smallest absolute Gasteiger partial charge is 0.264 e. The van der Waals surface area contributed by atoms with Crippen molar-refractivity contribution < 1.29 is 27.5 Å². The maximum Gasteiger partial charge on any atom is 0.264 e. The molecule has 0 unspecified atom stereocenters. The molecule has 3 aromatic carbocycles. The molecule has 0 saturated carbocycles. The monoisotopic (exact) mass is 609 g/mol. The highest BCUT2D eigenvalue weighted by molar-refractivity contribution is 7.92. The third-order valence-electron chi connectivity index (χ3n) is 7.10. The van der Waals surface area contributed by atoms with Gasteiger partial charge in [-0.05, 0) is 55.5 Å². The predicted molar refractivity (Wildman–Crippen MR) is 169 cm³/mol. The summed E-state index contributed by atoms with van der Waals surface area (Å²) in [5.74, 6) is 0.0905. The lowest BCUT2D eigenvalue weighted by molar-refractivity contribution is -0.139. The summed E-state index contributed by atoms with van der Waals surface area (Å²) in [7, 11) is -1.34. The van der Waals surface area contributed by atoms with E-state index in [-0.39, 0.29) is 34.7 Å². The zero-order valence-corrected chi connectivity index (χ0v) is 26.7. The number of nitrogens with zero attached hydrogens (tertiary/aromatic N) is 2. The Morgan fingerprint density at radius 3 is 2.19 bits per heavy atom. The summed E-state index contributed by atoms with van der Waals surface area (Å²) in [6, 6.07) is 20.1.